The Morgan fingerprint density at radius 3 is 2.39 bits per heavy atom. The van der Waals surface area contributed by atoms with Crippen LogP contribution in [-0.2, 0) is 4.74 Å². The Balaban J connectivity index is 1.24. The molecule has 2 aromatic carbocycles. The van der Waals surface area contributed by atoms with Gasteiger partial charge >= 0.3 is 0 Å². The molecule has 0 amide bonds. The molecule has 2 aliphatic heterocycles. The van der Waals surface area contributed by atoms with E-state index in [1.807, 2.05) is 25.3 Å². The summed E-state index contributed by atoms with van der Waals surface area (Å²) in [5.74, 6) is 0.585. The highest BCUT2D eigenvalue weighted by atomic mass is 32.2. The summed E-state index contributed by atoms with van der Waals surface area (Å²) >= 11 is 1.61. The Morgan fingerprint density at radius 1 is 0.972 bits per heavy atom. The molecular formula is C28H32N6OS. The molecule has 8 heteroatoms. The van der Waals surface area contributed by atoms with E-state index in [9.17, 15) is 5.26 Å². The van der Waals surface area contributed by atoms with Gasteiger partial charge in [-0.15, -0.1) is 0 Å². The van der Waals surface area contributed by atoms with Crippen LogP contribution < -0.4 is 10.2 Å². The standard InChI is InChI=1S/C28H32N6OS/c1-21-20-30-28(31-23-7-9-24(10-8-23)33-13-3-2-4-14-33)32-27(21)36-25-11-5-22(6-12-25)26(19-29)34-15-17-35-18-16-34/h5-12,20,26H,2-4,13-18H2,1H3,(H,30,31,32). The number of nitrogens with one attached hydrogen (secondary N) is 1. The Hall–Kier alpha value is -3.12. The van der Waals surface area contributed by atoms with Gasteiger partial charge in [-0.2, -0.15) is 5.26 Å². The first-order valence-electron chi connectivity index (χ1n) is 12.6. The smallest absolute Gasteiger partial charge is 0.228 e. The van der Waals surface area contributed by atoms with Gasteiger partial charge < -0.3 is 15.0 Å². The van der Waals surface area contributed by atoms with Gasteiger partial charge in [-0.3, -0.25) is 4.90 Å². The van der Waals surface area contributed by atoms with Crippen molar-refractivity contribution < 1.29 is 4.74 Å². The van der Waals surface area contributed by atoms with Crippen molar-refractivity contribution in [2.75, 3.05) is 49.6 Å². The first-order valence-corrected chi connectivity index (χ1v) is 13.5. The maximum atomic E-state index is 9.74. The van der Waals surface area contributed by atoms with Crippen molar-refractivity contribution in [1.29, 1.82) is 5.26 Å². The van der Waals surface area contributed by atoms with Crippen molar-refractivity contribution in [3.05, 3.63) is 65.9 Å². The summed E-state index contributed by atoms with van der Waals surface area (Å²) in [7, 11) is 0. The third kappa shape index (κ3) is 5.98. The van der Waals surface area contributed by atoms with Crippen LogP contribution in [0.4, 0.5) is 17.3 Å². The third-order valence-electron chi connectivity index (χ3n) is 6.71. The Bertz CT molecular complexity index is 1180. The summed E-state index contributed by atoms with van der Waals surface area (Å²) in [6.07, 6.45) is 5.73. The number of rotatable bonds is 7. The molecule has 0 spiro atoms. The highest BCUT2D eigenvalue weighted by Gasteiger charge is 2.22. The topological polar surface area (TPSA) is 77.3 Å². The van der Waals surface area contributed by atoms with E-state index in [1.54, 1.807) is 11.8 Å². The summed E-state index contributed by atoms with van der Waals surface area (Å²) in [5, 5.41) is 14.0. The molecule has 1 N–H and O–H groups in total. The summed E-state index contributed by atoms with van der Waals surface area (Å²) in [6.45, 7) is 7.23. The fourth-order valence-corrected chi connectivity index (χ4v) is 5.50. The second-order valence-electron chi connectivity index (χ2n) is 9.25. The molecule has 3 aromatic rings. The molecule has 186 valence electrons. The van der Waals surface area contributed by atoms with Crippen molar-refractivity contribution in [1.82, 2.24) is 14.9 Å². The molecule has 0 saturated carbocycles. The summed E-state index contributed by atoms with van der Waals surface area (Å²) in [5.41, 5.74) is 4.29. The molecule has 36 heavy (non-hydrogen) atoms. The minimum Gasteiger partial charge on any atom is -0.379 e. The molecule has 0 bridgehead atoms. The number of morpholine rings is 1. The minimum atomic E-state index is -0.245. The van der Waals surface area contributed by atoms with Gasteiger partial charge in [0.25, 0.3) is 0 Å². The molecule has 1 aromatic heterocycles. The number of aromatic nitrogens is 2. The van der Waals surface area contributed by atoms with Gasteiger partial charge in [0, 0.05) is 54.2 Å². The fourth-order valence-electron chi connectivity index (χ4n) is 4.66. The maximum Gasteiger partial charge on any atom is 0.228 e. The van der Waals surface area contributed by atoms with E-state index >= 15 is 0 Å². The summed E-state index contributed by atoms with van der Waals surface area (Å²) < 4.78 is 5.43. The third-order valence-corrected chi connectivity index (χ3v) is 7.83. The summed E-state index contributed by atoms with van der Waals surface area (Å²) in [6, 6.07) is 19.0. The highest BCUT2D eigenvalue weighted by Crippen LogP contribution is 2.31. The zero-order valence-corrected chi connectivity index (χ0v) is 21.5. The van der Waals surface area contributed by atoms with Crippen LogP contribution in [0.2, 0.25) is 0 Å². The molecule has 1 unspecified atom stereocenters. The normalized spacial score (nSPS) is 17.4. The van der Waals surface area contributed by atoms with E-state index in [0.29, 0.717) is 19.2 Å². The van der Waals surface area contributed by atoms with Gasteiger partial charge in [0.1, 0.15) is 11.1 Å². The molecule has 3 heterocycles. The number of hydrogen-bond acceptors (Lipinski definition) is 8. The van der Waals surface area contributed by atoms with E-state index in [4.69, 9.17) is 9.72 Å². The lowest BCUT2D eigenvalue weighted by Gasteiger charge is -2.30. The highest BCUT2D eigenvalue weighted by molar-refractivity contribution is 7.99. The zero-order chi connectivity index (χ0) is 24.7. The number of piperidine rings is 1. The first-order chi connectivity index (χ1) is 17.7. The first kappa shape index (κ1) is 24.6. The van der Waals surface area contributed by atoms with Crippen LogP contribution in [0.25, 0.3) is 0 Å². The van der Waals surface area contributed by atoms with Crippen LogP contribution >= 0.6 is 11.8 Å². The largest absolute Gasteiger partial charge is 0.379 e. The quantitative estimate of drug-likeness (QED) is 0.422. The molecule has 5 rings (SSSR count). The van der Waals surface area contributed by atoms with Gasteiger partial charge in [0.05, 0.1) is 19.3 Å². The average Bonchev–Trinajstić information content (AvgIpc) is 2.93. The summed E-state index contributed by atoms with van der Waals surface area (Å²) in [4.78, 5) is 15.0. The van der Waals surface area contributed by atoms with Crippen LogP contribution in [0.3, 0.4) is 0 Å². The predicted octanol–water partition coefficient (Wildman–Crippen LogP) is 5.57. The molecule has 2 aliphatic rings. The SMILES string of the molecule is Cc1cnc(Nc2ccc(N3CCCCC3)cc2)nc1Sc1ccc(C(C#N)N2CCOCC2)cc1. The van der Waals surface area contributed by atoms with Crippen LogP contribution in [0.15, 0.2) is 64.6 Å². The minimum absolute atomic E-state index is 0.245. The Labute approximate surface area is 217 Å². The second-order valence-corrected chi connectivity index (χ2v) is 10.3. The van der Waals surface area contributed by atoms with E-state index in [-0.39, 0.29) is 6.04 Å². The number of anilines is 3. The number of nitrogens with zero attached hydrogens (tertiary/aromatic N) is 5. The van der Waals surface area contributed by atoms with Crippen LogP contribution in [0, 0.1) is 18.3 Å². The number of ether oxygens (including phenoxy) is 1. The van der Waals surface area contributed by atoms with Crippen molar-refractivity contribution in [2.24, 2.45) is 0 Å². The fraction of sp³-hybridized carbons (Fsp3) is 0.393. The van der Waals surface area contributed by atoms with E-state index in [1.165, 1.54) is 24.9 Å². The van der Waals surface area contributed by atoms with Crippen molar-refractivity contribution >= 4 is 29.1 Å². The van der Waals surface area contributed by atoms with Crippen molar-refractivity contribution in [3.63, 3.8) is 0 Å². The monoisotopic (exact) mass is 500 g/mol. The number of nitriles is 1. The molecule has 7 nitrogen and oxygen atoms in total. The molecule has 2 fully saturated rings. The van der Waals surface area contributed by atoms with Crippen LogP contribution in [-0.4, -0.2) is 54.3 Å². The molecule has 0 radical (unpaired) electrons. The predicted molar refractivity (Wildman–Crippen MR) is 144 cm³/mol. The van der Waals surface area contributed by atoms with Crippen molar-refractivity contribution in [3.8, 4) is 6.07 Å². The van der Waals surface area contributed by atoms with E-state index in [0.717, 1.165) is 52.9 Å². The van der Waals surface area contributed by atoms with Gasteiger partial charge in [0.15, 0.2) is 0 Å². The van der Waals surface area contributed by atoms with Gasteiger partial charge in [-0.05, 0) is 68.1 Å². The average molecular weight is 501 g/mol. The molecular weight excluding hydrogens is 468 g/mol. The lowest BCUT2D eigenvalue weighted by Crippen LogP contribution is -2.38. The Kier molecular flexibility index (Phi) is 8.01. The number of aryl methyl sites for hydroxylation is 1. The second kappa shape index (κ2) is 11.7. The Morgan fingerprint density at radius 2 is 1.69 bits per heavy atom. The lowest BCUT2D eigenvalue weighted by molar-refractivity contribution is 0.0266. The number of hydrogen-bond donors (Lipinski definition) is 1. The van der Waals surface area contributed by atoms with Crippen LogP contribution in [0.5, 0.6) is 0 Å². The lowest BCUT2D eigenvalue weighted by atomic mass is 10.1. The van der Waals surface area contributed by atoms with Crippen LogP contribution in [0.1, 0.15) is 36.4 Å². The zero-order valence-electron chi connectivity index (χ0n) is 20.7. The number of benzene rings is 2. The maximum absolute atomic E-state index is 9.74. The molecule has 0 aliphatic carbocycles. The van der Waals surface area contributed by atoms with Gasteiger partial charge in [-0.25, -0.2) is 9.97 Å². The van der Waals surface area contributed by atoms with Crippen molar-refractivity contribution in [2.45, 2.75) is 42.1 Å². The van der Waals surface area contributed by atoms with Gasteiger partial charge in [0.2, 0.25) is 5.95 Å². The van der Waals surface area contributed by atoms with Gasteiger partial charge in [-0.1, -0.05) is 23.9 Å². The molecule has 1 atom stereocenters. The van der Waals surface area contributed by atoms with E-state index < -0.39 is 0 Å². The molecule has 2 saturated heterocycles. The van der Waals surface area contributed by atoms with E-state index in [2.05, 4.69) is 62.6 Å².